The normalized spacial score (nSPS) is 10.8. The van der Waals surface area contributed by atoms with Crippen molar-refractivity contribution in [3.05, 3.63) is 24.3 Å². The monoisotopic (exact) mass is 239 g/mol. The van der Waals surface area contributed by atoms with E-state index in [0.29, 0.717) is 25.2 Å². The molecular weight excluding hydrogens is 226 g/mol. The van der Waals surface area contributed by atoms with Crippen LogP contribution >= 0.6 is 0 Å². The number of nitrogens with zero attached hydrogens (tertiary/aromatic N) is 1. The number of hydrogen-bond acceptors (Lipinski definition) is 4. The first-order valence-electron chi connectivity index (χ1n) is 4.84. The van der Waals surface area contributed by atoms with E-state index in [1.165, 1.54) is 12.1 Å². The topological polar surface area (TPSA) is 67.2 Å². The molecule has 0 aliphatic heterocycles. The van der Waals surface area contributed by atoms with Crippen LogP contribution in [0.1, 0.15) is 12.8 Å². The maximum Gasteiger partial charge on any atom is 0.175 e. The van der Waals surface area contributed by atoms with E-state index in [0.717, 1.165) is 6.26 Å². The molecular formula is C11H13NO3S. The number of unbranched alkanes of at least 4 members (excludes halogenated alkanes) is 1. The Labute approximate surface area is 95.4 Å². The summed E-state index contributed by atoms with van der Waals surface area (Å²) in [6.07, 6.45) is 2.29. The number of nitriles is 1. The second-order valence-corrected chi connectivity index (χ2v) is 5.37. The predicted octanol–water partition coefficient (Wildman–Crippen LogP) is 1.77. The quantitative estimate of drug-likeness (QED) is 0.734. The predicted molar refractivity (Wildman–Crippen MR) is 59.9 cm³/mol. The van der Waals surface area contributed by atoms with Gasteiger partial charge in [-0.1, -0.05) is 0 Å². The molecule has 0 saturated carbocycles. The molecule has 1 aromatic rings. The van der Waals surface area contributed by atoms with Crippen LogP contribution in [0, 0.1) is 11.3 Å². The first-order valence-corrected chi connectivity index (χ1v) is 6.73. The zero-order chi connectivity index (χ0) is 12.0. The van der Waals surface area contributed by atoms with Crippen molar-refractivity contribution in [2.75, 3.05) is 12.9 Å². The Morgan fingerprint density at radius 1 is 1.31 bits per heavy atom. The summed E-state index contributed by atoms with van der Waals surface area (Å²) in [5.41, 5.74) is 0. The van der Waals surface area contributed by atoms with Gasteiger partial charge in [0, 0.05) is 12.7 Å². The van der Waals surface area contributed by atoms with Crippen molar-refractivity contribution in [3.8, 4) is 11.8 Å². The molecule has 0 heterocycles. The zero-order valence-electron chi connectivity index (χ0n) is 9.01. The number of benzene rings is 1. The van der Waals surface area contributed by atoms with Crippen LogP contribution in [0.5, 0.6) is 5.75 Å². The first-order chi connectivity index (χ1) is 7.54. The van der Waals surface area contributed by atoms with E-state index in [-0.39, 0.29) is 4.90 Å². The van der Waals surface area contributed by atoms with Crippen LogP contribution in [0.25, 0.3) is 0 Å². The van der Waals surface area contributed by atoms with Crippen LogP contribution in [0.15, 0.2) is 29.2 Å². The van der Waals surface area contributed by atoms with E-state index in [1.54, 1.807) is 12.1 Å². The Morgan fingerprint density at radius 3 is 2.44 bits per heavy atom. The highest BCUT2D eigenvalue weighted by Crippen LogP contribution is 2.15. The molecule has 0 atom stereocenters. The van der Waals surface area contributed by atoms with Gasteiger partial charge in [0.25, 0.3) is 0 Å². The molecule has 0 bridgehead atoms. The highest BCUT2D eigenvalue weighted by molar-refractivity contribution is 7.90. The summed E-state index contributed by atoms with van der Waals surface area (Å²) in [5, 5.41) is 8.32. The van der Waals surface area contributed by atoms with Crippen molar-refractivity contribution >= 4 is 9.84 Å². The summed E-state index contributed by atoms with van der Waals surface area (Å²) < 4.78 is 27.7. The SMILES string of the molecule is CS(=O)(=O)c1ccc(OCCCC#N)cc1. The molecule has 0 aliphatic carbocycles. The molecule has 5 heteroatoms. The molecule has 0 N–H and O–H groups in total. The molecule has 0 radical (unpaired) electrons. The number of sulfone groups is 1. The van der Waals surface area contributed by atoms with Crippen LogP contribution in [-0.2, 0) is 9.84 Å². The van der Waals surface area contributed by atoms with E-state index in [1.807, 2.05) is 6.07 Å². The maximum absolute atomic E-state index is 11.2. The van der Waals surface area contributed by atoms with Gasteiger partial charge in [0.15, 0.2) is 9.84 Å². The van der Waals surface area contributed by atoms with Crippen LogP contribution in [-0.4, -0.2) is 21.3 Å². The molecule has 0 saturated heterocycles. The smallest absolute Gasteiger partial charge is 0.175 e. The molecule has 0 fully saturated rings. The zero-order valence-corrected chi connectivity index (χ0v) is 9.83. The Kier molecular flexibility index (Phi) is 4.32. The Bertz CT molecular complexity index is 471. The average Bonchev–Trinajstić information content (AvgIpc) is 2.24. The molecule has 0 unspecified atom stereocenters. The van der Waals surface area contributed by atoms with Crippen LogP contribution in [0.3, 0.4) is 0 Å². The molecule has 0 aromatic heterocycles. The van der Waals surface area contributed by atoms with Gasteiger partial charge in [-0.05, 0) is 30.7 Å². The summed E-state index contributed by atoms with van der Waals surface area (Å²) >= 11 is 0. The van der Waals surface area contributed by atoms with Crippen molar-refractivity contribution < 1.29 is 13.2 Å². The summed E-state index contributed by atoms with van der Waals surface area (Å²) in [6, 6.07) is 8.27. The van der Waals surface area contributed by atoms with Crippen molar-refractivity contribution in [1.29, 1.82) is 5.26 Å². The molecule has 0 amide bonds. The van der Waals surface area contributed by atoms with E-state index in [2.05, 4.69) is 0 Å². The van der Waals surface area contributed by atoms with Crippen molar-refractivity contribution in [2.24, 2.45) is 0 Å². The fraction of sp³-hybridized carbons (Fsp3) is 0.364. The third-order valence-corrected chi connectivity index (χ3v) is 3.08. The van der Waals surface area contributed by atoms with Gasteiger partial charge in [-0.2, -0.15) is 5.26 Å². The number of ether oxygens (including phenoxy) is 1. The molecule has 1 aromatic carbocycles. The second kappa shape index (κ2) is 5.52. The van der Waals surface area contributed by atoms with Crippen LogP contribution in [0.4, 0.5) is 0 Å². The third-order valence-electron chi connectivity index (χ3n) is 1.95. The Hall–Kier alpha value is -1.54. The Morgan fingerprint density at radius 2 is 1.94 bits per heavy atom. The minimum absolute atomic E-state index is 0.275. The summed E-state index contributed by atoms with van der Waals surface area (Å²) in [6.45, 7) is 0.464. The molecule has 4 nitrogen and oxygen atoms in total. The van der Waals surface area contributed by atoms with Gasteiger partial charge >= 0.3 is 0 Å². The highest BCUT2D eigenvalue weighted by atomic mass is 32.2. The van der Waals surface area contributed by atoms with Gasteiger partial charge in [-0.25, -0.2) is 8.42 Å². The molecule has 16 heavy (non-hydrogen) atoms. The minimum atomic E-state index is -3.15. The maximum atomic E-state index is 11.2. The standard InChI is InChI=1S/C11H13NO3S/c1-16(13,14)11-6-4-10(5-7-11)15-9-3-2-8-12/h4-7H,2-3,9H2,1H3. The molecule has 1 rings (SSSR count). The largest absolute Gasteiger partial charge is 0.494 e. The number of hydrogen-bond donors (Lipinski definition) is 0. The van der Waals surface area contributed by atoms with Crippen LogP contribution in [0.2, 0.25) is 0 Å². The first kappa shape index (κ1) is 12.5. The van der Waals surface area contributed by atoms with Gasteiger partial charge in [0.05, 0.1) is 17.6 Å². The molecule has 0 spiro atoms. The highest BCUT2D eigenvalue weighted by Gasteiger charge is 2.05. The lowest BCUT2D eigenvalue weighted by Crippen LogP contribution is -1.99. The lowest BCUT2D eigenvalue weighted by Gasteiger charge is -2.05. The van der Waals surface area contributed by atoms with Gasteiger partial charge in [0.2, 0.25) is 0 Å². The fourth-order valence-corrected chi connectivity index (χ4v) is 1.75. The fourth-order valence-electron chi connectivity index (χ4n) is 1.12. The van der Waals surface area contributed by atoms with E-state index >= 15 is 0 Å². The molecule has 0 aliphatic rings. The Balaban J connectivity index is 2.56. The average molecular weight is 239 g/mol. The summed E-state index contributed by atoms with van der Waals surface area (Å²) in [4.78, 5) is 0.275. The summed E-state index contributed by atoms with van der Waals surface area (Å²) in [5.74, 6) is 0.616. The van der Waals surface area contributed by atoms with Gasteiger partial charge in [0.1, 0.15) is 5.75 Å². The number of rotatable bonds is 5. The van der Waals surface area contributed by atoms with Crippen molar-refractivity contribution in [1.82, 2.24) is 0 Å². The van der Waals surface area contributed by atoms with E-state index in [9.17, 15) is 8.42 Å². The van der Waals surface area contributed by atoms with Gasteiger partial charge in [-0.3, -0.25) is 0 Å². The summed E-state index contributed by atoms with van der Waals surface area (Å²) in [7, 11) is -3.15. The van der Waals surface area contributed by atoms with Gasteiger partial charge in [-0.15, -0.1) is 0 Å². The van der Waals surface area contributed by atoms with Gasteiger partial charge < -0.3 is 4.74 Å². The minimum Gasteiger partial charge on any atom is -0.494 e. The third kappa shape index (κ3) is 3.91. The second-order valence-electron chi connectivity index (χ2n) is 3.35. The van der Waals surface area contributed by atoms with Crippen molar-refractivity contribution in [3.63, 3.8) is 0 Å². The van der Waals surface area contributed by atoms with E-state index < -0.39 is 9.84 Å². The van der Waals surface area contributed by atoms with Crippen LogP contribution < -0.4 is 4.74 Å². The lowest BCUT2D eigenvalue weighted by atomic mass is 10.3. The van der Waals surface area contributed by atoms with Crippen molar-refractivity contribution in [2.45, 2.75) is 17.7 Å². The van der Waals surface area contributed by atoms with E-state index in [4.69, 9.17) is 10.00 Å². The lowest BCUT2D eigenvalue weighted by molar-refractivity contribution is 0.312. The molecule has 86 valence electrons.